The molecule has 0 radical (unpaired) electrons. The van der Waals surface area contributed by atoms with Gasteiger partial charge in [-0.3, -0.25) is 4.68 Å². The second kappa shape index (κ2) is 4.33. The first-order valence-corrected chi connectivity index (χ1v) is 5.45. The molecule has 0 aliphatic carbocycles. The molecule has 2 rings (SSSR count). The van der Waals surface area contributed by atoms with E-state index in [2.05, 4.69) is 21.0 Å². The monoisotopic (exact) mass is 286 g/mol. The van der Waals surface area contributed by atoms with E-state index in [0.29, 0.717) is 15.7 Å². The molecule has 0 unspecified atom stereocenters. The maximum absolute atomic E-state index is 12.8. The van der Waals surface area contributed by atoms with Crippen molar-refractivity contribution in [2.75, 3.05) is 0 Å². The lowest BCUT2D eigenvalue weighted by Crippen LogP contribution is -1.97. The molecule has 84 valence electrons. The highest BCUT2D eigenvalue weighted by Gasteiger charge is 2.17. The third-order valence-electron chi connectivity index (χ3n) is 2.35. The van der Waals surface area contributed by atoms with Crippen molar-refractivity contribution in [1.82, 2.24) is 9.78 Å². The minimum Gasteiger partial charge on any atom is -0.267 e. The summed E-state index contributed by atoms with van der Waals surface area (Å²) in [6, 6.07) is 6.44. The van der Waals surface area contributed by atoms with Gasteiger partial charge in [0, 0.05) is 18.2 Å². The van der Waals surface area contributed by atoms with E-state index in [1.807, 2.05) is 0 Å². The van der Waals surface area contributed by atoms with Gasteiger partial charge in [-0.2, -0.15) is 5.10 Å². The Labute approximate surface area is 100 Å². The van der Waals surface area contributed by atoms with Gasteiger partial charge in [0.15, 0.2) is 0 Å². The minimum absolute atomic E-state index is 0.0202. The first-order chi connectivity index (χ1) is 7.61. The molecule has 2 nitrogen and oxygen atoms in total. The Kier molecular flexibility index (Phi) is 3.05. The second-order valence-electron chi connectivity index (χ2n) is 3.35. The molecule has 0 aliphatic heterocycles. The van der Waals surface area contributed by atoms with Gasteiger partial charge in [0.05, 0.1) is 16.4 Å². The van der Waals surface area contributed by atoms with E-state index in [-0.39, 0.29) is 5.56 Å². The number of aromatic nitrogens is 2. The first kappa shape index (κ1) is 11.3. The molecule has 0 atom stereocenters. The molecular formula is C11H9BrF2N2. The van der Waals surface area contributed by atoms with Gasteiger partial charge < -0.3 is 0 Å². The van der Waals surface area contributed by atoms with Gasteiger partial charge in [0.25, 0.3) is 6.43 Å². The summed E-state index contributed by atoms with van der Waals surface area (Å²) >= 11 is 3.31. The molecule has 0 N–H and O–H groups in total. The summed E-state index contributed by atoms with van der Waals surface area (Å²) in [4.78, 5) is 0. The van der Waals surface area contributed by atoms with Crippen LogP contribution in [0, 0.1) is 0 Å². The van der Waals surface area contributed by atoms with Crippen LogP contribution >= 0.6 is 15.9 Å². The summed E-state index contributed by atoms with van der Waals surface area (Å²) in [5, 5.41) is 4.02. The highest BCUT2D eigenvalue weighted by molar-refractivity contribution is 9.10. The molecule has 0 saturated heterocycles. The van der Waals surface area contributed by atoms with Crippen molar-refractivity contribution in [2.24, 2.45) is 7.05 Å². The average molecular weight is 287 g/mol. The van der Waals surface area contributed by atoms with E-state index in [4.69, 9.17) is 0 Å². The van der Waals surface area contributed by atoms with Crippen molar-refractivity contribution in [3.8, 4) is 11.3 Å². The largest absolute Gasteiger partial charge is 0.267 e. The van der Waals surface area contributed by atoms with Crippen LogP contribution in [0.5, 0.6) is 0 Å². The molecule has 1 aromatic carbocycles. The minimum atomic E-state index is -2.49. The number of rotatable bonds is 2. The van der Waals surface area contributed by atoms with Crippen LogP contribution in [0.15, 0.2) is 34.9 Å². The summed E-state index contributed by atoms with van der Waals surface area (Å²) in [6.45, 7) is 0. The predicted molar refractivity (Wildman–Crippen MR) is 61.3 cm³/mol. The van der Waals surface area contributed by atoms with E-state index in [0.717, 1.165) is 0 Å². The van der Waals surface area contributed by atoms with Gasteiger partial charge in [-0.15, -0.1) is 0 Å². The SMILES string of the molecule is Cn1ncc(Br)c1-c1ccccc1C(F)F. The predicted octanol–water partition coefficient (Wildman–Crippen LogP) is 3.79. The normalized spacial score (nSPS) is 11.1. The maximum atomic E-state index is 12.8. The standard InChI is InChI=1S/C11H9BrF2N2/c1-16-10(9(12)6-15-16)7-4-2-3-5-8(7)11(13)14/h2-6,11H,1H3. The molecule has 1 heterocycles. The summed E-state index contributed by atoms with van der Waals surface area (Å²) in [7, 11) is 1.72. The van der Waals surface area contributed by atoms with Crippen molar-refractivity contribution in [2.45, 2.75) is 6.43 Å². The van der Waals surface area contributed by atoms with Gasteiger partial charge in [-0.1, -0.05) is 24.3 Å². The van der Waals surface area contributed by atoms with Gasteiger partial charge in [-0.05, 0) is 15.9 Å². The van der Waals surface area contributed by atoms with Crippen LogP contribution < -0.4 is 0 Å². The Bertz CT molecular complexity index is 489. The second-order valence-corrected chi connectivity index (χ2v) is 4.21. The third-order valence-corrected chi connectivity index (χ3v) is 2.93. The van der Waals surface area contributed by atoms with Gasteiger partial charge in [-0.25, -0.2) is 8.78 Å². The van der Waals surface area contributed by atoms with Crippen LogP contribution in [0.2, 0.25) is 0 Å². The van der Waals surface area contributed by atoms with Gasteiger partial charge >= 0.3 is 0 Å². The molecule has 5 heteroatoms. The number of hydrogen-bond donors (Lipinski definition) is 0. The number of halogens is 3. The van der Waals surface area contributed by atoms with Crippen molar-refractivity contribution >= 4 is 15.9 Å². The Hall–Kier alpha value is -1.23. The fraction of sp³-hybridized carbons (Fsp3) is 0.182. The zero-order valence-electron chi connectivity index (χ0n) is 8.49. The lowest BCUT2D eigenvalue weighted by Gasteiger charge is -2.09. The van der Waals surface area contributed by atoms with Crippen molar-refractivity contribution in [1.29, 1.82) is 0 Å². The van der Waals surface area contributed by atoms with E-state index in [9.17, 15) is 8.78 Å². The van der Waals surface area contributed by atoms with Gasteiger partial charge in [0.1, 0.15) is 0 Å². The number of benzene rings is 1. The summed E-state index contributed by atoms with van der Waals surface area (Å²) < 4.78 is 28.0. The molecule has 0 spiro atoms. The molecule has 0 bridgehead atoms. The lowest BCUT2D eigenvalue weighted by atomic mass is 10.1. The summed E-state index contributed by atoms with van der Waals surface area (Å²) in [5.74, 6) is 0. The third kappa shape index (κ3) is 1.87. The summed E-state index contributed by atoms with van der Waals surface area (Å²) in [6.07, 6.45) is -0.893. The molecule has 2 aromatic rings. The fourth-order valence-electron chi connectivity index (χ4n) is 1.62. The highest BCUT2D eigenvalue weighted by Crippen LogP contribution is 2.34. The van der Waals surface area contributed by atoms with Crippen LogP contribution in [-0.4, -0.2) is 9.78 Å². The topological polar surface area (TPSA) is 17.8 Å². The van der Waals surface area contributed by atoms with Crippen LogP contribution in [0.4, 0.5) is 8.78 Å². The number of aryl methyl sites for hydroxylation is 1. The number of hydrogen-bond acceptors (Lipinski definition) is 1. The van der Waals surface area contributed by atoms with Crippen molar-refractivity contribution < 1.29 is 8.78 Å². The Morgan fingerprint density at radius 2 is 2.00 bits per heavy atom. The van der Waals surface area contributed by atoms with Crippen LogP contribution in [0.3, 0.4) is 0 Å². The summed E-state index contributed by atoms with van der Waals surface area (Å²) in [5.41, 5.74) is 1.19. The molecule has 16 heavy (non-hydrogen) atoms. The van der Waals surface area contributed by atoms with Gasteiger partial charge in [0.2, 0.25) is 0 Å². The maximum Gasteiger partial charge on any atom is 0.264 e. The highest BCUT2D eigenvalue weighted by atomic mass is 79.9. The Morgan fingerprint density at radius 3 is 2.56 bits per heavy atom. The zero-order chi connectivity index (χ0) is 11.7. The first-order valence-electron chi connectivity index (χ1n) is 4.66. The molecule has 1 aromatic heterocycles. The van der Waals surface area contributed by atoms with Crippen LogP contribution in [0.25, 0.3) is 11.3 Å². The quantitative estimate of drug-likeness (QED) is 0.821. The smallest absolute Gasteiger partial charge is 0.264 e. The molecule has 0 saturated carbocycles. The van der Waals surface area contributed by atoms with E-state index in [1.54, 1.807) is 36.1 Å². The molecule has 0 fully saturated rings. The van der Waals surface area contributed by atoms with Crippen molar-refractivity contribution in [3.05, 3.63) is 40.5 Å². The molecule has 0 amide bonds. The Morgan fingerprint density at radius 1 is 1.31 bits per heavy atom. The van der Waals surface area contributed by atoms with Crippen LogP contribution in [-0.2, 0) is 7.05 Å². The molecular weight excluding hydrogens is 278 g/mol. The Balaban J connectivity index is 2.64. The van der Waals surface area contributed by atoms with Crippen LogP contribution in [0.1, 0.15) is 12.0 Å². The molecule has 0 aliphatic rings. The fourth-order valence-corrected chi connectivity index (χ4v) is 2.18. The van der Waals surface area contributed by atoms with E-state index in [1.165, 1.54) is 6.07 Å². The number of nitrogens with zero attached hydrogens (tertiary/aromatic N) is 2. The zero-order valence-corrected chi connectivity index (χ0v) is 10.1. The van der Waals surface area contributed by atoms with E-state index >= 15 is 0 Å². The van der Waals surface area contributed by atoms with Crippen molar-refractivity contribution in [3.63, 3.8) is 0 Å². The average Bonchev–Trinajstić information content (AvgIpc) is 2.58. The van der Waals surface area contributed by atoms with E-state index < -0.39 is 6.43 Å². The lowest BCUT2D eigenvalue weighted by molar-refractivity contribution is 0.152. The number of alkyl halides is 2.